The summed E-state index contributed by atoms with van der Waals surface area (Å²) < 4.78 is 16.8. The van der Waals surface area contributed by atoms with Gasteiger partial charge in [0, 0.05) is 19.3 Å². The van der Waals surface area contributed by atoms with Gasteiger partial charge in [0.25, 0.3) is 0 Å². The van der Waals surface area contributed by atoms with E-state index in [1.165, 1.54) is 109 Å². The zero-order valence-corrected chi connectivity index (χ0v) is 46.2. The highest BCUT2D eigenvalue weighted by Gasteiger charge is 2.19. The summed E-state index contributed by atoms with van der Waals surface area (Å²) in [5.41, 5.74) is 0. The predicted molar refractivity (Wildman–Crippen MR) is 307 cm³/mol. The van der Waals surface area contributed by atoms with Crippen molar-refractivity contribution in [1.82, 2.24) is 0 Å². The van der Waals surface area contributed by atoms with Gasteiger partial charge in [-0.1, -0.05) is 246 Å². The van der Waals surface area contributed by atoms with Gasteiger partial charge in [-0.25, -0.2) is 0 Å². The maximum Gasteiger partial charge on any atom is 0.306 e. The Balaban J connectivity index is 4.49. The molecule has 0 N–H and O–H groups in total. The molecule has 0 rings (SSSR count). The van der Waals surface area contributed by atoms with Crippen molar-refractivity contribution in [1.29, 1.82) is 0 Å². The van der Waals surface area contributed by atoms with Crippen molar-refractivity contribution in [2.75, 3.05) is 13.2 Å². The molecule has 0 radical (unpaired) electrons. The molecule has 0 spiro atoms. The number of esters is 3. The molecule has 0 saturated heterocycles. The lowest BCUT2D eigenvalue weighted by molar-refractivity contribution is -0.167. The summed E-state index contributed by atoms with van der Waals surface area (Å²) in [6, 6.07) is 0. The van der Waals surface area contributed by atoms with Gasteiger partial charge < -0.3 is 14.2 Å². The largest absolute Gasteiger partial charge is 0.462 e. The number of rotatable bonds is 52. The van der Waals surface area contributed by atoms with Crippen LogP contribution in [0.4, 0.5) is 0 Å². The molecular weight excluding hydrogens is 877 g/mol. The summed E-state index contributed by atoms with van der Waals surface area (Å²) >= 11 is 0. The van der Waals surface area contributed by atoms with E-state index in [9.17, 15) is 14.4 Å². The summed E-state index contributed by atoms with van der Waals surface area (Å²) in [6.07, 6.45) is 79.3. The maximum absolute atomic E-state index is 12.9. The van der Waals surface area contributed by atoms with Crippen LogP contribution in [-0.4, -0.2) is 37.2 Å². The second-order valence-corrected chi connectivity index (χ2v) is 19.3. The first-order valence-corrected chi connectivity index (χ1v) is 29.4. The Labute approximate surface area is 438 Å². The molecule has 404 valence electrons. The molecule has 0 aliphatic heterocycles. The number of hydrogen-bond acceptors (Lipinski definition) is 6. The third kappa shape index (κ3) is 56.9. The molecule has 1 unspecified atom stereocenters. The highest BCUT2D eigenvalue weighted by Crippen LogP contribution is 2.15. The van der Waals surface area contributed by atoms with E-state index in [0.29, 0.717) is 19.3 Å². The Morgan fingerprint density at radius 3 is 1.03 bits per heavy atom. The van der Waals surface area contributed by atoms with Crippen LogP contribution in [-0.2, 0) is 28.6 Å². The minimum atomic E-state index is -0.806. The van der Waals surface area contributed by atoms with E-state index in [1.807, 2.05) is 0 Å². The SMILES string of the molecule is CC/C=C\C/C=C\C/C=C\C/C=C\CCCCCC(=O)OCC(COC(=O)CCCCCCCCCCCC/C=C\C=C/CCCCC)OC(=O)CCCCCCC\C=C/C=C\C=C/CCCCCCC. The molecule has 71 heavy (non-hydrogen) atoms. The van der Waals surface area contributed by atoms with Crippen molar-refractivity contribution in [3.05, 3.63) is 109 Å². The number of hydrogen-bond donors (Lipinski definition) is 0. The van der Waals surface area contributed by atoms with E-state index >= 15 is 0 Å². The Kier molecular flexibility index (Phi) is 55.4. The Morgan fingerprint density at radius 1 is 0.310 bits per heavy atom. The monoisotopic (exact) mass is 985 g/mol. The van der Waals surface area contributed by atoms with Gasteiger partial charge in [0.2, 0.25) is 0 Å². The van der Waals surface area contributed by atoms with Crippen LogP contribution in [0.5, 0.6) is 0 Å². The number of unbranched alkanes of at least 4 members (excludes halogenated alkanes) is 26. The first-order valence-electron chi connectivity index (χ1n) is 29.4. The van der Waals surface area contributed by atoms with E-state index in [4.69, 9.17) is 14.2 Å². The Bertz CT molecular complexity index is 1460. The molecule has 0 aromatic heterocycles. The van der Waals surface area contributed by atoms with Crippen LogP contribution in [0.1, 0.15) is 265 Å². The molecule has 6 nitrogen and oxygen atoms in total. The van der Waals surface area contributed by atoms with Gasteiger partial charge in [-0.2, -0.15) is 0 Å². The predicted octanol–water partition coefficient (Wildman–Crippen LogP) is 19.9. The zero-order chi connectivity index (χ0) is 51.4. The Hall–Kier alpha value is -3.93. The van der Waals surface area contributed by atoms with Crippen LogP contribution in [0.15, 0.2) is 109 Å². The standard InChI is InChI=1S/C65H108O6/c1-4-7-10-13-16-19-22-25-28-31-33-35-37-40-43-46-49-52-55-58-64(67)70-61-62(60-69-63(66)57-54-51-48-45-42-39-36-30-27-24-21-18-15-12-9-6-3)71-65(68)59-56-53-50-47-44-41-38-34-32-29-26-23-20-17-14-11-8-5-2/h9,12,16,18-19,21-23,25-27,29-30,32,34,38-39,42,62H,4-8,10-11,13-15,17,20,24,28,31,33,35-37,40-41,43-61H2,1-3H3/b12-9-,19-16-,21-18-,25-22-,26-23-,30-27-,32-29-,38-34-,42-39-. The van der Waals surface area contributed by atoms with Crippen LogP contribution >= 0.6 is 0 Å². The van der Waals surface area contributed by atoms with Crippen LogP contribution in [0, 0.1) is 0 Å². The first kappa shape index (κ1) is 67.1. The van der Waals surface area contributed by atoms with Crippen molar-refractivity contribution in [2.45, 2.75) is 271 Å². The average Bonchev–Trinajstić information content (AvgIpc) is 3.37. The molecule has 0 aliphatic carbocycles. The molecule has 0 aromatic carbocycles. The molecule has 0 heterocycles. The summed E-state index contributed by atoms with van der Waals surface area (Å²) in [5, 5.41) is 0. The van der Waals surface area contributed by atoms with E-state index in [-0.39, 0.29) is 31.1 Å². The summed E-state index contributed by atoms with van der Waals surface area (Å²) in [4.78, 5) is 38.2. The first-order chi connectivity index (χ1) is 35.0. The van der Waals surface area contributed by atoms with Gasteiger partial charge in [-0.3, -0.25) is 14.4 Å². The quantitative estimate of drug-likeness (QED) is 0.0199. The van der Waals surface area contributed by atoms with E-state index in [2.05, 4.69) is 130 Å². The molecule has 6 heteroatoms. The van der Waals surface area contributed by atoms with Crippen molar-refractivity contribution in [3.8, 4) is 0 Å². The lowest BCUT2D eigenvalue weighted by Crippen LogP contribution is -2.30. The van der Waals surface area contributed by atoms with Gasteiger partial charge in [0.05, 0.1) is 0 Å². The molecular formula is C65H108O6. The number of carbonyl (C=O) groups excluding carboxylic acids is 3. The Morgan fingerprint density at radius 2 is 0.606 bits per heavy atom. The van der Waals surface area contributed by atoms with E-state index in [0.717, 1.165) is 116 Å². The van der Waals surface area contributed by atoms with Gasteiger partial charge in [-0.15, -0.1) is 0 Å². The second-order valence-electron chi connectivity index (χ2n) is 19.3. The summed E-state index contributed by atoms with van der Waals surface area (Å²) in [5.74, 6) is -0.953. The van der Waals surface area contributed by atoms with Gasteiger partial charge in [0.1, 0.15) is 13.2 Å². The fraction of sp³-hybridized carbons (Fsp3) is 0.677. The number of allylic oxidation sites excluding steroid dienone is 18. The average molecular weight is 986 g/mol. The lowest BCUT2D eigenvalue weighted by atomic mass is 10.1. The number of ether oxygens (including phenoxy) is 3. The molecule has 0 saturated carbocycles. The van der Waals surface area contributed by atoms with Gasteiger partial charge in [-0.05, 0) is 109 Å². The van der Waals surface area contributed by atoms with E-state index in [1.54, 1.807) is 0 Å². The van der Waals surface area contributed by atoms with Crippen molar-refractivity contribution >= 4 is 17.9 Å². The van der Waals surface area contributed by atoms with Crippen LogP contribution in [0.2, 0.25) is 0 Å². The van der Waals surface area contributed by atoms with Gasteiger partial charge >= 0.3 is 17.9 Å². The lowest BCUT2D eigenvalue weighted by Gasteiger charge is -2.18. The summed E-state index contributed by atoms with van der Waals surface area (Å²) in [6.45, 7) is 6.44. The normalized spacial score (nSPS) is 12.9. The van der Waals surface area contributed by atoms with Crippen LogP contribution in [0.25, 0.3) is 0 Å². The third-order valence-electron chi connectivity index (χ3n) is 12.3. The fourth-order valence-corrected chi connectivity index (χ4v) is 7.90. The zero-order valence-electron chi connectivity index (χ0n) is 46.2. The fourth-order valence-electron chi connectivity index (χ4n) is 7.90. The van der Waals surface area contributed by atoms with Crippen molar-refractivity contribution in [3.63, 3.8) is 0 Å². The highest BCUT2D eigenvalue weighted by molar-refractivity contribution is 5.71. The molecule has 0 bridgehead atoms. The minimum absolute atomic E-state index is 0.0999. The molecule has 0 aliphatic rings. The van der Waals surface area contributed by atoms with Crippen molar-refractivity contribution in [2.24, 2.45) is 0 Å². The van der Waals surface area contributed by atoms with Gasteiger partial charge in [0.15, 0.2) is 6.10 Å². The van der Waals surface area contributed by atoms with Crippen LogP contribution in [0.3, 0.4) is 0 Å². The van der Waals surface area contributed by atoms with Crippen molar-refractivity contribution < 1.29 is 28.6 Å². The molecule has 1 atom stereocenters. The molecule has 0 amide bonds. The molecule has 0 aromatic rings. The molecule has 0 fully saturated rings. The summed E-state index contributed by atoms with van der Waals surface area (Å²) in [7, 11) is 0. The highest BCUT2D eigenvalue weighted by atomic mass is 16.6. The van der Waals surface area contributed by atoms with E-state index < -0.39 is 6.10 Å². The minimum Gasteiger partial charge on any atom is -0.462 e. The number of carbonyl (C=O) groups is 3. The topological polar surface area (TPSA) is 78.9 Å². The van der Waals surface area contributed by atoms with Crippen LogP contribution < -0.4 is 0 Å². The maximum atomic E-state index is 12.9. The third-order valence-corrected chi connectivity index (χ3v) is 12.3. The smallest absolute Gasteiger partial charge is 0.306 e. The second kappa shape index (κ2) is 58.6.